The van der Waals surface area contributed by atoms with Gasteiger partial charge in [-0.05, 0) is 32.9 Å². The van der Waals surface area contributed by atoms with Crippen LogP contribution < -0.4 is 10.8 Å². The second-order valence-electron chi connectivity index (χ2n) is 4.37. The van der Waals surface area contributed by atoms with E-state index in [2.05, 4.69) is 5.32 Å². The van der Waals surface area contributed by atoms with Crippen LogP contribution in [0.4, 0.5) is 10.5 Å². The van der Waals surface area contributed by atoms with E-state index in [0.717, 1.165) is 0 Å². The van der Waals surface area contributed by atoms with Gasteiger partial charge in [0.15, 0.2) is 0 Å². The first-order valence-corrected chi connectivity index (χ1v) is 5.21. The maximum atomic E-state index is 11.5. The van der Waals surface area contributed by atoms with E-state index in [0.29, 0.717) is 16.2 Å². The molecule has 1 amide bonds. The molecule has 1 rings (SSSR count). The van der Waals surface area contributed by atoms with Gasteiger partial charge < -0.3 is 4.74 Å². The van der Waals surface area contributed by atoms with Crippen LogP contribution in [0.2, 0.25) is 5.02 Å². The summed E-state index contributed by atoms with van der Waals surface area (Å²) in [6.45, 7) is 5.36. The van der Waals surface area contributed by atoms with Gasteiger partial charge in [-0.1, -0.05) is 23.1 Å². The average molecular weight is 237 g/mol. The summed E-state index contributed by atoms with van der Waals surface area (Å²) in [5.74, 6) is 0. The molecule has 16 heavy (non-hydrogen) atoms. The quantitative estimate of drug-likeness (QED) is 0.762. The first kappa shape index (κ1) is 12.9. The number of carbonyl (C=O) groups is 1. The topological polar surface area (TPSA) is 38.3 Å². The minimum atomic E-state index is -0.556. The summed E-state index contributed by atoms with van der Waals surface area (Å²) >= 11 is 5.89. The van der Waals surface area contributed by atoms with Crippen molar-refractivity contribution in [1.29, 1.82) is 0 Å². The van der Waals surface area contributed by atoms with Crippen LogP contribution in [0.25, 0.3) is 0 Å². The Balaban J connectivity index is 2.73. The molecule has 0 saturated carbocycles. The Morgan fingerprint density at radius 3 is 2.62 bits per heavy atom. The zero-order valence-corrected chi connectivity index (χ0v) is 10.3. The Morgan fingerprint density at radius 2 is 2.06 bits per heavy atom. The van der Waals surface area contributed by atoms with Gasteiger partial charge >= 0.3 is 6.09 Å². The normalized spacial score (nSPS) is 11.0. The van der Waals surface area contributed by atoms with Crippen molar-refractivity contribution in [2.24, 2.45) is 0 Å². The Morgan fingerprint density at radius 1 is 1.44 bits per heavy atom. The molecule has 0 heterocycles. The first-order valence-electron chi connectivity index (χ1n) is 4.83. The molecular formula is C11H13BClNO2. The highest BCUT2D eigenvalue weighted by Gasteiger charge is 2.16. The van der Waals surface area contributed by atoms with Crippen LogP contribution in [-0.2, 0) is 4.74 Å². The van der Waals surface area contributed by atoms with E-state index >= 15 is 0 Å². The van der Waals surface area contributed by atoms with Gasteiger partial charge in [0.1, 0.15) is 13.4 Å². The summed E-state index contributed by atoms with van der Waals surface area (Å²) in [7, 11) is 5.58. The van der Waals surface area contributed by atoms with Crippen LogP contribution in [-0.4, -0.2) is 19.5 Å². The number of amides is 1. The maximum absolute atomic E-state index is 11.5. The monoisotopic (exact) mass is 237 g/mol. The van der Waals surface area contributed by atoms with Crippen molar-refractivity contribution in [3.8, 4) is 0 Å². The average Bonchev–Trinajstić information content (AvgIpc) is 2.08. The van der Waals surface area contributed by atoms with Crippen LogP contribution in [0.15, 0.2) is 18.2 Å². The molecule has 0 atom stereocenters. The Bertz CT molecular complexity index is 401. The molecule has 0 saturated heterocycles. The molecule has 0 spiro atoms. The lowest BCUT2D eigenvalue weighted by Crippen LogP contribution is -2.27. The molecule has 0 aromatic heterocycles. The standard InChI is InChI=1S/C11H13BClNO2/c1-11(2,3)16-10(15)14-9-6-7(12)4-5-8(9)13/h4-6H,1-3H3,(H,14,15). The lowest BCUT2D eigenvalue weighted by molar-refractivity contribution is 0.0636. The van der Waals surface area contributed by atoms with Gasteiger partial charge in [-0.15, -0.1) is 0 Å². The molecule has 5 heteroatoms. The number of carbonyl (C=O) groups excluding carboxylic acids is 1. The van der Waals surface area contributed by atoms with E-state index in [4.69, 9.17) is 24.2 Å². The minimum Gasteiger partial charge on any atom is -0.444 e. The van der Waals surface area contributed by atoms with Crippen molar-refractivity contribution in [1.82, 2.24) is 0 Å². The highest BCUT2D eigenvalue weighted by molar-refractivity contribution is 6.36. The Kier molecular flexibility index (Phi) is 3.86. The summed E-state index contributed by atoms with van der Waals surface area (Å²) in [5, 5.41) is 2.95. The summed E-state index contributed by atoms with van der Waals surface area (Å²) in [6.07, 6.45) is -0.556. The van der Waals surface area contributed by atoms with Crippen LogP contribution in [0.1, 0.15) is 20.8 Å². The number of hydrogen-bond donors (Lipinski definition) is 1. The minimum absolute atomic E-state index is 0.417. The van der Waals surface area contributed by atoms with Gasteiger partial charge in [0, 0.05) is 0 Å². The van der Waals surface area contributed by atoms with Gasteiger partial charge in [-0.2, -0.15) is 0 Å². The molecule has 1 N–H and O–H groups in total. The van der Waals surface area contributed by atoms with Crippen molar-refractivity contribution in [2.45, 2.75) is 26.4 Å². The van der Waals surface area contributed by atoms with Crippen molar-refractivity contribution in [3.05, 3.63) is 23.2 Å². The van der Waals surface area contributed by atoms with Crippen LogP contribution in [0, 0.1) is 0 Å². The summed E-state index contributed by atoms with van der Waals surface area (Å²) in [4.78, 5) is 11.5. The molecule has 0 unspecified atom stereocenters. The molecule has 0 bridgehead atoms. The van der Waals surface area contributed by atoms with E-state index in [1.807, 2.05) is 0 Å². The van der Waals surface area contributed by atoms with E-state index < -0.39 is 11.7 Å². The third-order valence-electron chi connectivity index (χ3n) is 1.63. The van der Waals surface area contributed by atoms with Crippen LogP contribution in [0.5, 0.6) is 0 Å². The number of nitrogens with one attached hydrogen (secondary N) is 1. The van der Waals surface area contributed by atoms with Crippen molar-refractivity contribution in [3.63, 3.8) is 0 Å². The Hall–Kier alpha value is -1.16. The zero-order valence-electron chi connectivity index (χ0n) is 9.50. The summed E-state index contributed by atoms with van der Waals surface area (Å²) in [6, 6.07) is 4.85. The van der Waals surface area contributed by atoms with E-state index in [1.54, 1.807) is 39.0 Å². The second kappa shape index (κ2) is 4.79. The predicted molar refractivity (Wildman–Crippen MR) is 66.7 cm³/mol. The van der Waals surface area contributed by atoms with Gasteiger partial charge in [0.05, 0.1) is 10.7 Å². The lowest BCUT2D eigenvalue weighted by Gasteiger charge is -2.20. The second-order valence-corrected chi connectivity index (χ2v) is 4.77. The highest BCUT2D eigenvalue weighted by Crippen LogP contribution is 2.20. The fourth-order valence-electron chi connectivity index (χ4n) is 1.05. The van der Waals surface area contributed by atoms with Gasteiger partial charge in [-0.3, -0.25) is 5.32 Å². The highest BCUT2D eigenvalue weighted by atomic mass is 35.5. The third kappa shape index (κ3) is 4.15. The van der Waals surface area contributed by atoms with Crippen molar-refractivity contribution >= 4 is 36.7 Å². The van der Waals surface area contributed by atoms with Crippen LogP contribution >= 0.6 is 11.6 Å². The van der Waals surface area contributed by atoms with Crippen LogP contribution in [0.3, 0.4) is 0 Å². The van der Waals surface area contributed by atoms with Crippen molar-refractivity contribution < 1.29 is 9.53 Å². The number of ether oxygens (including phenoxy) is 1. The maximum Gasteiger partial charge on any atom is 0.412 e. The number of anilines is 1. The number of halogens is 1. The van der Waals surface area contributed by atoms with E-state index in [1.165, 1.54) is 0 Å². The van der Waals surface area contributed by atoms with Gasteiger partial charge in [0.25, 0.3) is 0 Å². The third-order valence-corrected chi connectivity index (χ3v) is 1.96. The number of benzene rings is 1. The zero-order chi connectivity index (χ0) is 12.3. The largest absolute Gasteiger partial charge is 0.444 e. The summed E-state index contributed by atoms with van der Waals surface area (Å²) in [5.41, 5.74) is 0.419. The molecule has 0 aliphatic carbocycles. The lowest BCUT2D eigenvalue weighted by atomic mass is 9.96. The molecular weight excluding hydrogens is 224 g/mol. The number of rotatable bonds is 1. The molecule has 0 fully saturated rings. The molecule has 1 aromatic rings. The molecule has 2 radical (unpaired) electrons. The molecule has 1 aromatic carbocycles. The number of hydrogen-bond acceptors (Lipinski definition) is 2. The molecule has 0 aliphatic rings. The van der Waals surface area contributed by atoms with E-state index in [9.17, 15) is 4.79 Å². The Labute approximate surface area is 102 Å². The van der Waals surface area contributed by atoms with Gasteiger partial charge in [-0.25, -0.2) is 4.79 Å². The predicted octanol–water partition coefficient (Wildman–Crippen LogP) is 2.48. The van der Waals surface area contributed by atoms with Gasteiger partial charge in [0.2, 0.25) is 0 Å². The fourth-order valence-corrected chi connectivity index (χ4v) is 1.22. The summed E-state index contributed by atoms with van der Waals surface area (Å²) < 4.78 is 5.09. The smallest absolute Gasteiger partial charge is 0.412 e. The molecule has 3 nitrogen and oxygen atoms in total. The van der Waals surface area contributed by atoms with Crippen molar-refractivity contribution in [2.75, 3.05) is 5.32 Å². The molecule has 0 aliphatic heterocycles. The SMILES string of the molecule is [B]c1ccc(Cl)c(NC(=O)OC(C)(C)C)c1. The molecule has 84 valence electrons. The first-order chi connectivity index (χ1) is 7.28. The van der Waals surface area contributed by atoms with E-state index in [-0.39, 0.29) is 0 Å². The fraction of sp³-hybridized carbons (Fsp3) is 0.364.